The molecule has 6 heteroatoms. The average Bonchev–Trinajstić information content (AvgIpc) is 3.15. The summed E-state index contributed by atoms with van der Waals surface area (Å²) in [5.41, 5.74) is 4.06. The first-order valence-corrected chi connectivity index (χ1v) is 8.80. The molecule has 1 saturated heterocycles. The zero-order chi connectivity index (χ0) is 17.1. The smallest absolute Gasteiger partial charge is 0.223 e. The van der Waals surface area contributed by atoms with Crippen molar-refractivity contribution in [1.82, 2.24) is 20.6 Å². The third kappa shape index (κ3) is 3.89. The number of nitrogens with zero attached hydrogens (tertiary/aromatic N) is 1. The van der Waals surface area contributed by atoms with Crippen molar-refractivity contribution in [2.45, 2.75) is 18.9 Å². The molecule has 0 spiro atoms. The molecule has 5 nitrogen and oxygen atoms in total. The Morgan fingerprint density at radius 2 is 1.85 bits per heavy atom. The highest BCUT2D eigenvalue weighted by Crippen LogP contribution is 2.25. The van der Waals surface area contributed by atoms with Crippen LogP contribution < -0.4 is 10.6 Å². The van der Waals surface area contributed by atoms with Crippen LogP contribution in [0.4, 0.5) is 0 Å². The number of aromatic amines is 1. The number of aromatic nitrogens is 2. The van der Waals surface area contributed by atoms with E-state index in [0.29, 0.717) is 0 Å². The molecule has 2 aromatic carbocycles. The van der Waals surface area contributed by atoms with Crippen molar-refractivity contribution in [2.75, 3.05) is 13.1 Å². The molecular formula is C20H23ClN4O. The van der Waals surface area contributed by atoms with Gasteiger partial charge in [0.25, 0.3) is 0 Å². The maximum atomic E-state index is 12.8. The predicted octanol–water partition coefficient (Wildman–Crippen LogP) is 3.19. The van der Waals surface area contributed by atoms with Gasteiger partial charge < -0.3 is 15.6 Å². The van der Waals surface area contributed by atoms with Crippen LogP contribution in [0.2, 0.25) is 0 Å². The topological polar surface area (TPSA) is 69.8 Å². The molecule has 1 amide bonds. The van der Waals surface area contributed by atoms with E-state index in [2.05, 4.69) is 38.8 Å². The third-order valence-corrected chi connectivity index (χ3v) is 4.91. The lowest BCUT2D eigenvalue weighted by Crippen LogP contribution is -2.40. The number of imidazole rings is 1. The van der Waals surface area contributed by atoms with Gasteiger partial charge in [0.05, 0.1) is 23.4 Å². The van der Waals surface area contributed by atoms with Gasteiger partial charge in [0.2, 0.25) is 5.91 Å². The van der Waals surface area contributed by atoms with Crippen molar-refractivity contribution in [1.29, 1.82) is 0 Å². The fraction of sp³-hybridized carbons (Fsp3) is 0.300. The number of nitrogens with one attached hydrogen (secondary N) is 3. The van der Waals surface area contributed by atoms with Crippen LogP contribution in [-0.4, -0.2) is 29.0 Å². The molecule has 2 heterocycles. The number of rotatable bonds is 4. The van der Waals surface area contributed by atoms with Crippen LogP contribution >= 0.6 is 12.4 Å². The first kappa shape index (κ1) is 18.4. The molecule has 136 valence electrons. The van der Waals surface area contributed by atoms with Gasteiger partial charge >= 0.3 is 0 Å². The maximum absolute atomic E-state index is 12.8. The van der Waals surface area contributed by atoms with E-state index in [1.165, 1.54) is 0 Å². The lowest BCUT2D eigenvalue weighted by Gasteiger charge is -2.26. The quantitative estimate of drug-likeness (QED) is 0.660. The van der Waals surface area contributed by atoms with E-state index in [1.807, 2.05) is 30.3 Å². The monoisotopic (exact) mass is 370 g/mol. The molecule has 3 aromatic rings. The summed E-state index contributed by atoms with van der Waals surface area (Å²) < 4.78 is 0. The van der Waals surface area contributed by atoms with Crippen molar-refractivity contribution < 1.29 is 4.79 Å². The van der Waals surface area contributed by atoms with Crippen LogP contribution in [0.1, 0.15) is 30.0 Å². The molecule has 0 bridgehead atoms. The molecule has 26 heavy (non-hydrogen) atoms. The first-order valence-electron chi connectivity index (χ1n) is 8.80. The van der Waals surface area contributed by atoms with E-state index < -0.39 is 0 Å². The van der Waals surface area contributed by atoms with Crippen molar-refractivity contribution in [3.05, 3.63) is 66.0 Å². The molecule has 0 aliphatic carbocycles. The normalized spacial score (nSPS) is 16.0. The second-order valence-electron chi connectivity index (χ2n) is 6.56. The first-order chi connectivity index (χ1) is 12.3. The Hall–Kier alpha value is -2.37. The number of hydrogen-bond donors (Lipinski definition) is 3. The van der Waals surface area contributed by atoms with Gasteiger partial charge in [-0.3, -0.25) is 4.79 Å². The molecule has 1 atom stereocenters. The summed E-state index contributed by atoms with van der Waals surface area (Å²) in [6.07, 6.45) is 3.49. The lowest BCUT2D eigenvalue weighted by molar-refractivity contribution is -0.126. The Kier molecular flexibility index (Phi) is 5.91. The lowest BCUT2D eigenvalue weighted by atomic mass is 9.94. The molecule has 1 aromatic heterocycles. The zero-order valence-corrected chi connectivity index (χ0v) is 15.3. The van der Waals surface area contributed by atoms with Crippen LogP contribution in [-0.2, 0) is 4.79 Å². The maximum Gasteiger partial charge on any atom is 0.223 e. The summed E-state index contributed by atoms with van der Waals surface area (Å²) in [7, 11) is 0. The van der Waals surface area contributed by atoms with Gasteiger partial charge in [-0.15, -0.1) is 12.4 Å². The standard InChI is InChI=1S/C20H22N4O.ClH/c25-20(15-8-10-21-11-9-15)24-19(14-4-2-1-3-5-14)16-6-7-17-18(12-16)23-13-22-17;/h1-7,12-13,15,19,21H,8-11H2,(H,22,23)(H,24,25);1H. The fourth-order valence-corrected chi connectivity index (χ4v) is 3.48. The third-order valence-electron chi connectivity index (χ3n) is 4.91. The van der Waals surface area contributed by atoms with Gasteiger partial charge in [-0.2, -0.15) is 0 Å². The second kappa shape index (κ2) is 8.34. The minimum atomic E-state index is -0.156. The van der Waals surface area contributed by atoms with Gasteiger partial charge in [-0.05, 0) is 49.2 Å². The number of amides is 1. The van der Waals surface area contributed by atoms with E-state index in [9.17, 15) is 4.79 Å². The van der Waals surface area contributed by atoms with Crippen LogP contribution in [0.5, 0.6) is 0 Å². The molecule has 0 saturated carbocycles. The van der Waals surface area contributed by atoms with Crippen molar-refractivity contribution in [2.24, 2.45) is 5.92 Å². The van der Waals surface area contributed by atoms with Crippen molar-refractivity contribution in [3.63, 3.8) is 0 Å². The van der Waals surface area contributed by atoms with E-state index in [0.717, 1.165) is 48.1 Å². The van der Waals surface area contributed by atoms with Gasteiger partial charge in [-0.25, -0.2) is 4.98 Å². The fourth-order valence-electron chi connectivity index (χ4n) is 3.48. The summed E-state index contributed by atoms with van der Waals surface area (Å²) in [6.45, 7) is 1.82. The molecule has 1 unspecified atom stereocenters. The Morgan fingerprint density at radius 1 is 1.08 bits per heavy atom. The largest absolute Gasteiger partial charge is 0.345 e. The highest BCUT2D eigenvalue weighted by atomic mass is 35.5. The molecule has 1 aliphatic heterocycles. The number of carbonyl (C=O) groups is 1. The highest BCUT2D eigenvalue weighted by molar-refractivity contribution is 5.85. The number of H-pyrrole nitrogens is 1. The van der Waals surface area contributed by atoms with Gasteiger partial charge in [0, 0.05) is 5.92 Å². The van der Waals surface area contributed by atoms with E-state index in [4.69, 9.17) is 0 Å². The highest BCUT2D eigenvalue weighted by Gasteiger charge is 2.25. The number of carbonyl (C=O) groups excluding carboxylic acids is 1. The zero-order valence-electron chi connectivity index (χ0n) is 14.4. The summed E-state index contributed by atoms with van der Waals surface area (Å²) in [6, 6.07) is 16.1. The minimum absolute atomic E-state index is 0. The van der Waals surface area contributed by atoms with Crippen LogP contribution in [0.3, 0.4) is 0 Å². The molecular weight excluding hydrogens is 348 g/mol. The molecule has 0 radical (unpaired) electrons. The predicted molar refractivity (Wildman–Crippen MR) is 105 cm³/mol. The average molecular weight is 371 g/mol. The molecule has 1 aliphatic rings. The minimum Gasteiger partial charge on any atom is -0.345 e. The van der Waals surface area contributed by atoms with Crippen LogP contribution in [0.25, 0.3) is 11.0 Å². The number of piperidine rings is 1. The molecule has 1 fully saturated rings. The van der Waals surface area contributed by atoms with Crippen LogP contribution in [0.15, 0.2) is 54.9 Å². The summed E-state index contributed by atoms with van der Waals surface area (Å²) in [5.74, 6) is 0.225. The summed E-state index contributed by atoms with van der Waals surface area (Å²) in [4.78, 5) is 20.2. The summed E-state index contributed by atoms with van der Waals surface area (Å²) >= 11 is 0. The number of halogens is 1. The summed E-state index contributed by atoms with van der Waals surface area (Å²) in [5, 5.41) is 6.59. The van der Waals surface area contributed by atoms with E-state index in [-0.39, 0.29) is 30.3 Å². The number of hydrogen-bond acceptors (Lipinski definition) is 3. The Balaban J connectivity index is 0.00000196. The SMILES string of the molecule is Cl.O=C(NC(c1ccccc1)c1ccc2nc[nH]c2c1)C1CCNCC1. The van der Waals surface area contributed by atoms with Crippen molar-refractivity contribution in [3.8, 4) is 0 Å². The molecule has 3 N–H and O–H groups in total. The Bertz CT molecular complexity index is 858. The van der Waals surface area contributed by atoms with E-state index >= 15 is 0 Å². The second-order valence-corrected chi connectivity index (χ2v) is 6.56. The molecule has 4 rings (SSSR count). The van der Waals surface area contributed by atoms with Crippen LogP contribution in [0, 0.1) is 5.92 Å². The van der Waals surface area contributed by atoms with Crippen molar-refractivity contribution >= 4 is 29.3 Å². The Morgan fingerprint density at radius 3 is 2.62 bits per heavy atom. The number of benzene rings is 2. The van der Waals surface area contributed by atoms with E-state index in [1.54, 1.807) is 6.33 Å². The Labute approximate surface area is 159 Å². The van der Waals surface area contributed by atoms with Gasteiger partial charge in [-0.1, -0.05) is 36.4 Å². The number of fused-ring (bicyclic) bond motifs is 1. The van der Waals surface area contributed by atoms with Gasteiger partial charge in [0.1, 0.15) is 0 Å². The van der Waals surface area contributed by atoms with Gasteiger partial charge in [0.15, 0.2) is 0 Å².